The van der Waals surface area contributed by atoms with E-state index in [4.69, 9.17) is 5.73 Å². The SMILES string of the molecule is Cc1cc(C2CCCN(C)C2)nc(CN)n1. The zero-order chi connectivity index (χ0) is 11.5. The second-order valence-corrected chi connectivity index (χ2v) is 4.66. The van der Waals surface area contributed by atoms with E-state index in [0.717, 1.165) is 18.1 Å². The van der Waals surface area contributed by atoms with Gasteiger partial charge in [0, 0.05) is 23.9 Å². The number of hydrogen-bond acceptors (Lipinski definition) is 4. The first kappa shape index (κ1) is 11.5. The van der Waals surface area contributed by atoms with Gasteiger partial charge in [-0.2, -0.15) is 0 Å². The average molecular weight is 220 g/mol. The van der Waals surface area contributed by atoms with E-state index in [2.05, 4.69) is 28.0 Å². The summed E-state index contributed by atoms with van der Waals surface area (Å²) in [6.07, 6.45) is 2.48. The molecule has 88 valence electrons. The van der Waals surface area contributed by atoms with Crippen molar-refractivity contribution in [1.29, 1.82) is 0 Å². The summed E-state index contributed by atoms with van der Waals surface area (Å²) in [6, 6.07) is 2.10. The van der Waals surface area contributed by atoms with E-state index < -0.39 is 0 Å². The summed E-state index contributed by atoms with van der Waals surface area (Å²) in [5.41, 5.74) is 7.80. The van der Waals surface area contributed by atoms with Gasteiger partial charge < -0.3 is 10.6 Å². The van der Waals surface area contributed by atoms with Crippen LogP contribution in [-0.2, 0) is 6.54 Å². The van der Waals surface area contributed by atoms with Gasteiger partial charge in [-0.15, -0.1) is 0 Å². The van der Waals surface area contributed by atoms with E-state index in [1.165, 1.54) is 25.1 Å². The highest BCUT2D eigenvalue weighted by molar-refractivity contribution is 5.15. The topological polar surface area (TPSA) is 55.0 Å². The number of likely N-dealkylation sites (N-methyl/N-ethyl adjacent to an activating group) is 1. The van der Waals surface area contributed by atoms with Crippen molar-refractivity contribution in [2.45, 2.75) is 32.2 Å². The molecule has 1 aliphatic rings. The molecule has 0 bridgehead atoms. The van der Waals surface area contributed by atoms with Crippen LogP contribution >= 0.6 is 0 Å². The van der Waals surface area contributed by atoms with Crippen LogP contribution in [0.5, 0.6) is 0 Å². The predicted octanol–water partition coefficient (Wildman–Crippen LogP) is 1.05. The number of likely N-dealkylation sites (tertiary alicyclic amines) is 1. The Morgan fingerprint density at radius 1 is 1.50 bits per heavy atom. The summed E-state index contributed by atoms with van der Waals surface area (Å²) in [7, 11) is 2.17. The van der Waals surface area contributed by atoms with Gasteiger partial charge in [-0.3, -0.25) is 0 Å². The van der Waals surface area contributed by atoms with E-state index >= 15 is 0 Å². The molecular formula is C12H20N4. The van der Waals surface area contributed by atoms with Crippen molar-refractivity contribution in [3.8, 4) is 0 Å². The Labute approximate surface area is 96.9 Å². The minimum Gasteiger partial charge on any atom is -0.324 e. The maximum atomic E-state index is 5.61. The van der Waals surface area contributed by atoms with Gasteiger partial charge in [0.05, 0.1) is 6.54 Å². The summed E-state index contributed by atoms with van der Waals surface area (Å²) >= 11 is 0. The first-order valence-corrected chi connectivity index (χ1v) is 5.92. The Kier molecular flexibility index (Phi) is 3.51. The van der Waals surface area contributed by atoms with Crippen molar-refractivity contribution >= 4 is 0 Å². The van der Waals surface area contributed by atoms with Crippen molar-refractivity contribution in [2.75, 3.05) is 20.1 Å². The minimum absolute atomic E-state index is 0.428. The van der Waals surface area contributed by atoms with Gasteiger partial charge in [0.2, 0.25) is 0 Å². The molecule has 0 spiro atoms. The molecule has 4 heteroatoms. The summed E-state index contributed by atoms with van der Waals surface area (Å²) in [5, 5.41) is 0. The second kappa shape index (κ2) is 4.89. The molecule has 0 aliphatic carbocycles. The molecule has 16 heavy (non-hydrogen) atoms. The van der Waals surface area contributed by atoms with Crippen LogP contribution in [0.1, 0.15) is 36.0 Å². The Bertz CT molecular complexity index is 364. The predicted molar refractivity (Wildman–Crippen MR) is 64.1 cm³/mol. The second-order valence-electron chi connectivity index (χ2n) is 4.66. The number of nitrogens with zero attached hydrogens (tertiary/aromatic N) is 3. The molecule has 1 aromatic heterocycles. The zero-order valence-corrected chi connectivity index (χ0v) is 10.1. The fraction of sp³-hybridized carbons (Fsp3) is 0.667. The van der Waals surface area contributed by atoms with Gasteiger partial charge in [-0.1, -0.05) is 0 Å². The van der Waals surface area contributed by atoms with Gasteiger partial charge in [-0.05, 0) is 39.4 Å². The minimum atomic E-state index is 0.428. The van der Waals surface area contributed by atoms with Crippen LogP contribution in [0.15, 0.2) is 6.07 Å². The van der Waals surface area contributed by atoms with E-state index in [-0.39, 0.29) is 0 Å². The van der Waals surface area contributed by atoms with E-state index in [0.29, 0.717) is 12.5 Å². The Balaban J connectivity index is 2.21. The normalized spacial score (nSPS) is 22.3. The van der Waals surface area contributed by atoms with Crippen LogP contribution < -0.4 is 5.73 Å². The number of piperidine rings is 1. The van der Waals surface area contributed by atoms with Gasteiger partial charge >= 0.3 is 0 Å². The lowest BCUT2D eigenvalue weighted by molar-refractivity contribution is 0.248. The highest BCUT2D eigenvalue weighted by Gasteiger charge is 2.20. The Morgan fingerprint density at radius 3 is 3.00 bits per heavy atom. The average Bonchev–Trinajstić information content (AvgIpc) is 2.28. The van der Waals surface area contributed by atoms with Gasteiger partial charge in [0.25, 0.3) is 0 Å². The van der Waals surface area contributed by atoms with Crippen molar-refractivity contribution in [1.82, 2.24) is 14.9 Å². The van der Waals surface area contributed by atoms with Crippen LogP contribution in [0.2, 0.25) is 0 Å². The molecule has 1 atom stereocenters. The van der Waals surface area contributed by atoms with Crippen LogP contribution in [0.3, 0.4) is 0 Å². The fourth-order valence-electron chi connectivity index (χ4n) is 2.36. The molecule has 0 saturated carbocycles. The lowest BCUT2D eigenvalue weighted by atomic mass is 9.94. The molecule has 2 N–H and O–H groups in total. The lowest BCUT2D eigenvalue weighted by Gasteiger charge is -2.29. The molecule has 2 heterocycles. The van der Waals surface area contributed by atoms with Crippen LogP contribution in [0, 0.1) is 6.92 Å². The Morgan fingerprint density at radius 2 is 2.31 bits per heavy atom. The van der Waals surface area contributed by atoms with E-state index in [1.54, 1.807) is 0 Å². The Hall–Kier alpha value is -1.00. The third kappa shape index (κ3) is 2.57. The number of aryl methyl sites for hydroxylation is 1. The molecule has 0 radical (unpaired) electrons. The van der Waals surface area contributed by atoms with Gasteiger partial charge in [-0.25, -0.2) is 9.97 Å². The molecule has 1 unspecified atom stereocenters. The maximum absolute atomic E-state index is 5.61. The summed E-state index contributed by atoms with van der Waals surface area (Å²) < 4.78 is 0. The summed E-state index contributed by atoms with van der Waals surface area (Å²) in [6.45, 7) is 4.74. The van der Waals surface area contributed by atoms with Crippen molar-refractivity contribution in [3.63, 3.8) is 0 Å². The lowest BCUT2D eigenvalue weighted by Crippen LogP contribution is -2.31. The molecule has 0 aromatic carbocycles. The first-order valence-electron chi connectivity index (χ1n) is 5.92. The third-order valence-electron chi connectivity index (χ3n) is 3.15. The van der Waals surface area contributed by atoms with Crippen molar-refractivity contribution in [3.05, 3.63) is 23.3 Å². The number of rotatable bonds is 2. The molecule has 2 rings (SSSR count). The van der Waals surface area contributed by atoms with Gasteiger partial charge in [0.1, 0.15) is 5.82 Å². The van der Waals surface area contributed by atoms with Crippen LogP contribution in [-0.4, -0.2) is 35.0 Å². The smallest absolute Gasteiger partial charge is 0.142 e. The van der Waals surface area contributed by atoms with Crippen LogP contribution in [0.25, 0.3) is 0 Å². The molecule has 1 saturated heterocycles. The summed E-state index contributed by atoms with van der Waals surface area (Å²) in [4.78, 5) is 11.2. The molecule has 1 aliphatic heterocycles. The highest BCUT2D eigenvalue weighted by Crippen LogP contribution is 2.24. The largest absolute Gasteiger partial charge is 0.324 e. The van der Waals surface area contributed by atoms with Crippen molar-refractivity contribution in [2.24, 2.45) is 5.73 Å². The molecule has 1 aromatic rings. The first-order chi connectivity index (χ1) is 7.69. The summed E-state index contributed by atoms with van der Waals surface area (Å²) in [5.74, 6) is 1.31. The zero-order valence-electron chi connectivity index (χ0n) is 10.1. The van der Waals surface area contributed by atoms with E-state index in [9.17, 15) is 0 Å². The fourth-order valence-corrected chi connectivity index (χ4v) is 2.36. The van der Waals surface area contributed by atoms with Gasteiger partial charge in [0.15, 0.2) is 0 Å². The molecular weight excluding hydrogens is 200 g/mol. The molecule has 4 nitrogen and oxygen atoms in total. The highest BCUT2D eigenvalue weighted by atomic mass is 15.1. The number of nitrogens with two attached hydrogens (primary N) is 1. The quantitative estimate of drug-likeness (QED) is 0.809. The third-order valence-corrected chi connectivity index (χ3v) is 3.15. The van der Waals surface area contributed by atoms with Crippen molar-refractivity contribution < 1.29 is 0 Å². The molecule has 1 fully saturated rings. The monoisotopic (exact) mass is 220 g/mol. The number of aromatic nitrogens is 2. The molecule has 0 amide bonds. The standard InChI is InChI=1S/C12H20N4/c1-9-6-11(15-12(7-13)14-9)10-4-3-5-16(2)8-10/h6,10H,3-5,7-8,13H2,1-2H3. The van der Waals surface area contributed by atoms with E-state index in [1.807, 2.05) is 6.92 Å². The van der Waals surface area contributed by atoms with Crippen LogP contribution in [0.4, 0.5) is 0 Å². The maximum Gasteiger partial charge on any atom is 0.142 e. The number of hydrogen-bond donors (Lipinski definition) is 1.